The van der Waals surface area contributed by atoms with E-state index in [0.29, 0.717) is 28.3 Å². The minimum Gasteiger partial charge on any atom is -0.396 e. The van der Waals surface area contributed by atoms with Crippen molar-refractivity contribution in [2.24, 2.45) is 0 Å². The molecule has 0 fully saturated rings. The smallest absolute Gasteiger partial charge is 0.276 e. The lowest BCUT2D eigenvalue weighted by atomic mass is 10.1. The van der Waals surface area contributed by atoms with Crippen molar-refractivity contribution in [2.75, 3.05) is 6.61 Å². The van der Waals surface area contributed by atoms with E-state index in [1.807, 2.05) is 25.1 Å². The first kappa shape index (κ1) is 14.8. The lowest BCUT2D eigenvalue weighted by Crippen LogP contribution is -2.22. The average molecular weight is 318 g/mol. The summed E-state index contributed by atoms with van der Waals surface area (Å²) in [4.78, 5) is 17.1. The van der Waals surface area contributed by atoms with Crippen molar-refractivity contribution in [2.45, 2.75) is 20.3 Å². The molecule has 0 aliphatic carbocycles. The van der Waals surface area contributed by atoms with Crippen molar-refractivity contribution < 1.29 is 5.11 Å². The number of aromatic nitrogens is 3. The van der Waals surface area contributed by atoms with E-state index in [0.717, 1.165) is 16.8 Å². The number of H-pyrrole nitrogens is 1. The summed E-state index contributed by atoms with van der Waals surface area (Å²) in [7, 11) is 0. The summed E-state index contributed by atoms with van der Waals surface area (Å²) in [6.45, 7) is 3.60. The highest BCUT2D eigenvalue weighted by atomic mass is 35.5. The molecule has 1 aromatic carbocycles. The third kappa shape index (κ3) is 2.32. The van der Waals surface area contributed by atoms with E-state index in [-0.39, 0.29) is 12.2 Å². The first-order valence-corrected chi connectivity index (χ1v) is 7.38. The molecule has 0 unspecified atom stereocenters. The number of nitrogens with zero attached hydrogens (tertiary/aromatic N) is 2. The van der Waals surface area contributed by atoms with E-state index >= 15 is 0 Å². The van der Waals surface area contributed by atoms with Crippen LogP contribution >= 0.6 is 11.6 Å². The van der Waals surface area contributed by atoms with Crippen LogP contribution in [0.4, 0.5) is 0 Å². The van der Waals surface area contributed by atoms with Gasteiger partial charge in [0, 0.05) is 40.6 Å². The van der Waals surface area contributed by atoms with E-state index in [2.05, 4.69) is 10.1 Å². The van der Waals surface area contributed by atoms with Crippen LogP contribution in [0.15, 0.2) is 29.1 Å². The minimum atomic E-state index is -0.173. The zero-order valence-electron chi connectivity index (χ0n) is 12.4. The second kappa shape index (κ2) is 5.59. The quantitative estimate of drug-likeness (QED) is 0.779. The van der Waals surface area contributed by atoms with Gasteiger partial charge in [0.05, 0.1) is 0 Å². The first-order valence-electron chi connectivity index (χ1n) is 7.00. The van der Waals surface area contributed by atoms with Gasteiger partial charge in [-0.25, -0.2) is 9.50 Å². The number of nitrogens with one attached hydrogen (secondary N) is 1. The monoisotopic (exact) mass is 317 g/mol. The van der Waals surface area contributed by atoms with Crippen molar-refractivity contribution >= 4 is 17.2 Å². The van der Waals surface area contributed by atoms with Gasteiger partial charge in [0.1, 0.15) is 0 Å². The summed E-state index contributed by atoms with van der Waals surface area (Å²) in [6.07, 6.45) is 0.297. The molecule has 2 N–H and O–H groups in total. The Bertz CT molecular complexity index is 912. The molecule has 3 rings (SSSR count). The van der Waals surface area contributed by atoms with E-state index in [9.17, 15) is 4.79 Å². The van der Waals surface area contributed by atoms with Crippen molar-refractivity contribution in [1.82, 2.24) is 14.6 Å². The minimum absolute atomic E-state index is 0.0787. The molecule has 0 aliphatic heterocycles. The summed E-state index contributed by atoms with van der Waals surface area (Å²) in [5, 5.41) is 12.8. The SMILES string of the molecule is Cc1nc2c(-c3cccc(Cl)c3)c(C)[nH]n2c(=O)c1CCO. The molecule has 0 saturated heterocycles. The van der Waals surface area contributed by atoms with Crippen LogP contribution in [0.5, 0.6) is 0 Å². The molecule has 0 amide bonds. The van der Waals surface area contributed by atoms with Gasteiger partial charge in [0.2, 0.25) is 0 Å². The number of aliphatic hydroxyl groups excluding tert-OH is 1. The predicted octanol–water partition coefficient (Wildman–Crippen LogP) is 2.49. The van der Waals surface area contributed by atoms with Crippen LogP contribution in [-0.4, -0.2) is 26.3 Å². The summed E-state index contributed by atoms with van der Waals surface area (Å²) >= 11 is 6.07. The van der Waals surface area contributed by atoms with Gasteiger partial charge in [-0.15, -0.1) is 0 Å². The van der Waals surface area contributed by atoms with Gasteiger partial charge in [-0.05, 0) is 31.5 Å². The fourth-order valence-corrected chi connectivity index (χ4v) is 2.90. The summed E-state index contributed by atoms with van der Waals surface area (Å²) in [5.74, 6) is 0. The molecule has 2 aromatic heterocycles. The molecule has 5 nitrogen and oxygen atoms in total. The van der Waals surface area contributed by atoms with Gasteiger partial charge >= 0.3 is 0 Å². The Labute approximate surface area is 132 Å². The molecule has 3 aromatic rings. The Morgan fingerprint density at radius 1 is 1.36 bits per heavy atom. The van der Waals surface area contributed by atoms with Crippen LogP contribution in [-0.2, 0) is 6.42 Å². The molecule has 6 heteroatoms. The maximum Gasteiger partial charge on any atom is 0.276 e. The molecule has 0 saturated carbocycles. The van der Waals surface area contributed by atoms with Crippen LogP contribution in [0.2, 0.25) is 5.02 Å². The fourth-order valence-electron chi connectivity index (χ4n) is 2.71. The fraction of sp³-hybridized carbons (Fsp3) is 0.250. The Morgan fingerprint density at radius 3 is 2.82 bits per heavy atom. The van der Waals surface area contributed by atoms with Crippen LogP contribution in [0.25, 0.3) is 16.8 Å². The number of aromatic amines is 1. The lowest BCUT2D eigenvalue weighted by molar-refractivity contribution is 0.298. The summed E-state index contributed by atoms with van der Waals surface area (Å²) < 4.78 is 1.43. The van der Waals surface area contributed by atoms with E-state index in [1.54, 1.807) is 13.0 Å². The Hall–Kier alpha value is -2.11. The van der Waals surface area contributed by atoms with Crippen LogP contribution in [0.1, 0.15) is 17.0 Å². The molecule has 0 aliphatic rings. The molecule has 0 bridgehead atoms. The van der Waals surface area contributed by atoms with Crippen molar-refractivity contribution in [3.63, 3.8) is 0 Å². The van der Waals surface area contributed by atoms with Gasteiger partial charge in [-0.2, -0.15) is 0 Å². The average Bonchev–Trinajstić information content (AvgIpc) is 2.80. The Morgan fingerprint density at radius 2 is 2.14 bits per heavy atom. The van der Waals surface area contributed by atoms with Gasteiger partial charge in [-0.1, -0.05) is 23.7 Å². The standard InChI is InChI=1S/C16H16ClN3O2/c1-9-13(6-7-21)16(22)20-15(18-9)14(10(2)19-20)11-4-3-5-12(17)8-11/h3-5,8,19,21H,6-7H2,1-2H3. The number of fused-ring (bicyclic) bond motifs is 1. The highest BCUT2D eigenvalue weighted by Crippen LogP contribution is 2.28. The molecule has 0 atom stereocenters. The molecule has 114 valence electrons. The number of aliphatic hydroxyl groups is 1. The van der Waals surface area contributed by atoms with Crippen LogP contribution in [0, 0.1) is 13.8 Å². The molecule has 2 heterocycles. The van der Waals surface area contributed by atoms with Crippen molar-refractivity contribution in [3.8, 4) is 11.1 Å². The second-order valence-corrected chi connectivity index (χ2v) is 5.67. The Balaban J connectivity index is 2.34. The highest BCUT2D eigenvalue weighted by Gasteiger charge is 2.17. The van der Waals surface area contributed by atoms with Crippen LogP contribution < -0.4 is 5.56 Å². The number of halogens is 1. The third-order valence-corrected chi connectivity index (χ3v) is 3.97. The van der Waals surface area contributed by atoms with E-state index in [4.69, 9.17) is 16.7 Å². The Kier molecular flexibility index (Phi) is 3.76. The zero-order valence-corrected chi connectivity index (χ0v) is 13.1. The number of hydrogen-bond acceptors (Lipinski definition) is 3. The van der Waals surface area contributed by atoms with Crippen molar-refractivity contribution in [1.29, 1.82) is 0 Å². The molecule has 0 radical (unpaired) electrons. The van der Waals surface area contributed by atoms with Crippen molar-refractivity contribution in [3.05, 3.63) is 56.6 Å². The van der Waals surface area contributed by atoms with E-state index in [1.165, 1.54) is 4.52 Å². The summed E-state index contributed by atoms with van der Waals surface area (Å²) in [6, 6.07) is 7.46. The normalized spacial score (nSPS) is 11.3. The zero-order chi connectivity index (χ0) is 15.9. The predicted molar refractivity (Wildman–Crippen MR) is 86.5 cm³/mol. The first-order chi connectivity index (χ1) is 10.5. The van der Waals surface area contributed by atoms with Gasteiger partial charge in [-0.3, -0.25) is 9.89 Å². The topological polar surface area (TPSA) is 70.4 Å². The number of rotatable bonds is 3. The molecular formula is C16H16ClN3O2. The maximum atomic E-state index is 12.6. The second-order valence-electron chi connectivity index (χ2n) is 5.24. The third-order valence-electron chi connectivity index (χ3n) is 3.74. The van der Waals surface area contributed by atoms with Crippen LogP contribution in [0.3, 0.4) is 0 Å². The van der Waals surface area contributed by atoms with Gasteiger partial charge in [0.25, 0.3) is 5.56 Å². The van der Waals surface area contributed by atoms with E-state index < -0.39 is 0 Å². The maximum absolute atomic E-state index is 12.6. The molecule has 0 spiro atoms. The highest BCUT2D eigenvalue weighted by molar-refractivity contribution is 6.30. The number of hydrogen-bond donors (Lipinski definition) is 2. The van der Waals surface area contributed by atoms with Gasteiger partial charge in [0.15, 0.2) is 5.65 Å². The molecule has 22 heavy (non-hydrogen) atoms. The lowest BCUT2D eigenvalue weighted by Gasteiger charge is -2.05. The summed E-state index contributed by atoms with van der Waals surface area (Å²) in [5.41, 5.74) is 4.17. The largest absolute Gasteiger partial charge is 0.396 e. The number of benzene rings is 1. The van der Waals surface area contributed by atoms with Gasteiger partial charge < -0.3 is 5.11 Å². The number of aryl methyl sites for hydroxylation is 2. The molecular weight excluding hydrogens is 302 g/mol.